The quantitative estimate of drug-likeness (QED) is 0.622. The molecule has 1 atom stereocenters. The number of hydrogen-bond acceptors (Lipinski definition) is 5. The monoisotopic (exact) mass is 395 g/mol. The zero-order chi connectivity index (χ0) is 20.2. The highest BCUT2D eigenvalue weighted by Crippen LogP contribution is 2.34. The Hall–Kier alpha value is -2.57. The fraction of sp³-hybridized carbons (Fsp3) is 0.435. The number of rotatable bonds is 8. The van der Waals surface area contributed by atoms with Gasteiger partial charge < -0.3 is 24.1 Å². The van der Waals surface area contributed by atoms with Gasteiger partial charge in [-0.3, -0.25) is 0 Å². The Kier molecular flexibility index (Phi) is 6.02. The number of nitrogens with zero attached hydrogens (tertiary/aromatic N) is 2. The summed E-state index contributed by atoms with van der Waals surface area (Å²) in [6.45, 7) is 2.63. The summed E-state index contributed by atoms with van der Waals surface area (Å²) < 4.78 is 16.7. The van der Waals surface area contributed by atoms with Crippen LogP contribution in [0.3, 0.4) is 0 Å². The van der Waals surface area contributed by atoms with Crippen molar-refractivity contribution in [2.45, 2.75) is 31.9 Å². The fourth-order valence-electron chi connectivity index (χ4n) is 4.05. The molecule has 0 bridgehead atoms. The number of nitrogens with one attached hydrogen (secondary N) is 1. The van der Waals surface area contributed by atoms with Crippen LogP contribution in [0.5, 0.6) is 11.5 Å². The summed E-state index contributed by atoms with van der Waals surface area (Å²) in [4.78, 5) is 10.4. The maximum absolute atomic E-state index is 5.96. The normalized spacial score (nSPS) is 16.6. The second-order valence-electron chi connectivity index (χ2n) is 7.60. The number of ether oxygens (including phenoxy) is 3. The van der Waals surface area contributed by atoms with Gasteiger partial charge in [0.2, 0.25) is 0 Å². The van der Waals surface area contributed by atoms with Crippen LogP contribution in [0.2, 0.25) is 0 Å². The third-order valence-corrected chi connectivity index (χ3v) is 5.62. The summed E-state index contributed by atoms with van der Waals surface area (Å²) in [6, 6.07) is 10.3. The molecule has 1 aromatic carbocycles. The van der Waals surface area contributed by atoms with Gasteiger partial charge >= 0.3 is 0 Å². The number of aromatic nitrogens is 2. The Morgan fingerprint density at radius 3 is 2.83 bits per heavy atom. The summed E-state index contributed by atoms with van der Waals surface area (Å²) >= 11 is 0. The molecule has 3 aromatic rings. The Labute approximate surface area is 171 Å². The highest BCUT2D eigenvalue weighted by Gasteiger charge is 2.25. The van der Waals surface area contributed by atoms with Gasteiger partial charge in [-0.25, -0.2) is 4.98 Å². The van der Waals surface area contributed by atoms with Gasteiger partial charge in [0.1, 0.15) is 5.65 Å². The van der Waals surface area contributed by atoms with Crippen LogP contribution in [-0.2, 0) is 17.7 Å². The van der Waals surface area contributed by atoms with Gasteiger partial charge in [-0.15, -0.1) is 0 Å². The number of fused-ring (bicyclic) bond motifs is 1. The minimum absolute atomic E-state index is 0.151. The van der Waals surface area contributed by atoms with Gasteiger partial charge in [-0.05, 0) is 61.7 Å². The van der Waals surface area contributed by atoms with Crippen LogP contribution in [0.4, 0.5) is 0 Å². The molecule has 1 aliphatic heterocycles. The van der Waals surface area contributed by atoms with Crippen LogP contribution in [0.25, 0.3) is 11.0 Å². The first kappa shape index (κ1) is 19.7. The smallest absolute Gasteiger partial charge is 0.160 e. The standard InChI is InChI=1S/C23H29N3O3/c1-26(12-10-16-8-9-19(27-2)21(14-16)28-3)15-18-17-6-4-11-24-23(17)25-22(18)20-7-5-13-29-20/h4,6,8-9,11,14,20H,5,7,10,12-13,15H2,1-3H3,(H,24,25)/t20-/m1/s1. The molecule has 1 fully saturated rings. The van der Waals surface area contributed by atoms with E-state index in [0.29, 0.717) is 0 Å². The third-order valence-electron chi connectivity index (χ3n) is 5.62. The van der Waals surface area contributed by atoms with Gasteiger partial charge in [0.05, 0.1) is 26.0 Å². The molecule has 6 nitrogen and oxygen atoms in total. The molecule has 0 unspecified atom stereocenters. The van der Waals surface area contributed by atoms with Crippen LogP contribution < -0.4 is 9.47 Å². The van der Waals surface area contributed by atoms with Crippen LogP contribution in [-0.4, -0.2) is 49.3 Å². The molecule has 4 rings (SSSR count). The van der Waals surface area contributed by atoms with Crippen LogP contribution in [0.15, 0.2) is 36.5 Å². The number of pyridine rings is 1. The summed E-state index contributed by atoms with van der Waals surface area (Å²) in [6.07, 6.45) is 5.10. The summed E-state index contributed by atoms with van der Waals surface area (Å²) in [5.74, 6) is 1.54. The van der Waals surface area contributed by atoms with Crippen LogP contribution in [0.1, 0.15) is 35.8 Å². The van der Waals surface area contributed by atoms with Crippen molar-refractivity contribution in [2.75, 3.05) is 34.4 Å². The molecule has 0 saturated carbocycles. The topological polar surface area (TPSA) is 59.6 Å². The molecule has 1 aliphatic rings. The van der Waals surface area contributed by atoms with Crippen molar-refractivity contribution < 1.29 is 14.2 Å². The van der Waals surface area contributed by atoms with Gasteiger partial charge in [0, 0.05) is 31.3 Å². The maximum atomic E-state index is 5.96. The Balaban J connectivity index is 1.49. The van der Waals surface area contributed by atoms with E-state index in [2.05, 4.69) is 40.1 Å². The first-order chi connectivity index (χ1) is 14.2. The van der Waals surface area contributed by atoms with E-state index in [-0.39, 0.29) is 6.10 Å². The number of H-pyrrole nitrogens is 1. The molecular formula is C23H29N3O3. The minimum atomic E-state index is 0.151. The van der Waals surface area contributed by atoms with E-state index in [1.54, 1.807) is 14.2 Å². The Morgan fingerprint density at radius 2 is 2.07 bits per heavy atom. The van der Waals surface area contributed by atoms with Gasteiger partial charge in [-0.1, -0.05) is 6.07 Å². The molecule has 2 aromatic heterocycles. The van der Waals surface area contributed by atoms with E-state index >= 15 is 0 Å². The van der Waals surface area contributed by atoms with E-state index < -0.39 is 0 Å². The zero-order valence-corrected chi connectivity index (χ0v) is 17.4. The first-order valence-corrected chi connectivity index (χ1v) is 10.2. The minimum Gasteiger partial charge on any atom is -0.493 e. The highest BCUT2D eigenvalue weighted by atomic mass is 16.5. The molecule has 29 heavy (non-hydrogen) atoms. The highest BCUT2D eigenvalue weighted by molar-refractivity contribution is 5.81. The average Bonchev–Trinajstić information content (AvgIpc) is 3.40. The lowest BCUT2D eigenvalue weighted by Crippen LogP contribution is -2.21. The van der Waals surface area contributed by atoms with Crippen molar-refractivity contribution in [1.29, 1.82) is 0 Å². The molecule has 6 heteroatoms. The second-order valence-corrected chi connectivity index (χ2v) is 7.60. The van der Waals surface area contributed by atoms with E-state index in [4.69, 9.17) is 14.2 Å². The van der Waals surface area contributed by atoms with Crippen molar-refractivity contribution in [2.24, 2.45) is 0 Å². The first-order valence-electron chi connectivity index (χ1n) is 10.2. The molecule has 3 heterocycles. The molecule has 0 spiro atoms. The van der Waals surface area contributed by atoms with Crippen LogP contribution >= 0.6 is 0 Å². The lowest BCUT2D eigenvalue weighted by Gasteiger charge is -2.19. The van der Waals surface area contributed by atoms with Crippen molar-refractivity contribution in [3.8, 4) is 11.5 Å². The van der Waals surface area contributed by atoms with E-state index in [1.807, 2.05) is 18.3 Å². The lowest BCUT2D eigenvalue weighted by molar-refractivity contribution is 0.108. The number of methoxy groups -OCH3 is 2. The van der Waals surface area contributed by atoms with Crippen molar-refractivity contribution in [3.63, 3.8) is 0 Å². The number of hydrogen-bond donors (Lipinski definition) is 1. The van der Waals surface area contributed by atoms with E-state index in [9.17, 15) is 0 Å². The van der Waals surface area contributed by atoms with Gasteiger partial charge in [-0.2, -0.15) is 0 Å². The SMILES string of the molecule is COc1ccc(CCN(C)Cc2c([C@H]3CCCO3)[nH]c3ncccc23)cc1OC. The third kappa shape index (κ3) is 4.23. The molecular weight excluding hydrogens is 366 g/mol. The predicted octanol–water partition coefficient (Wildman–Crippen LogP) is 4.11. The number of likely N-dealkylation sites (N-methyl/N-ethyl adjacent to an activating group) is 1. The summed E-state index contributed by atoms with van der Waals surface area (Å²) in [5, 5.41) is 1.19. The zero-order valence-electron chi connectivity index (χ0n) is 17.4. The molecule has 0 radical (unpaired) electrons. The van der Waals surface area contributed by atoms with E-state index in [0.717, 1.165) is 56.1 Å². The largest absolute Gasteiger partial charge is 0.493 e. The Morgan fingerprint density at radius 1 is 1.21 bits per heavy atom. The van der Waals surface area contributed by atoms with Crippen molar-refractivity contribution in [1.82, 2.24) is 14.9 Å². The summed E-state index contributed by atoms with van der Waals surface area (Å²) in [5.41, 5.74) is 4.67. The molecule has 0 amide bonds. The van der Waals surface area contributed by atoms with E-state index in [1.165, 1.54) is 22.2 Å². The average molecular weight is 396 g/mol. The van der Waals surface area contributed by atoms with Crippen molar-refractivity contribution >= 4 is 11.0 Å². The Bertz CT molecular complexity index is 963. The maximum Gasteiger partial charge on any atom is 0.160 e. The van der Waals surface area contributed by atoms with Crippen LogP contribution in [0, 0.1) is 0 Å². The summed E-state index contributed by atoms with van der Waals surface area (Å²) in [7, 11) is 5.49. The predicted molar refractivity (Wildman–Crippen MR) is 114 cm³/mol. The second kappa shape index (κ2) is 8.84. The fourth-order valence-corrected chi connectivity index (χ4v) is 4.05. The van der Waals surface area contributed by atoms with Gasteiger partial charge in [0.25, 0.3) is 0 Å². The molecule has 1 saturated heterocycles. The van der Waals surface area contributed by atoms with Gasteiger partial charge in [0.15, 0.2) is 11.5 Å². The molecule has 0 aliphatic carbocycles. The molecule has 1 N–H and O–H groups in total. The molecule has 154 valence electrons. The number of benzene rings is 1. The number of aromatic amines is 1. The van der Waals surface area contributed by atoms with Crippen molar-refractivity contribution in [3.05, 3.63) is 53.3 Å². The lowest BCUT2D eigenvalue weighted by atomic mass is 10.1.